The third kappa shape index (κ3) is 4.75. The van der Waals surface area contributed by atoms with Crippen LogP contribution in [-0.4, -0.2) is 32.0 Å². The van der Waals surface area contributed by atoms with E-state index in [0.29, 0.717) is 28.0 Å². The molecule has 9 nitrogen and oxygen atoms in total. The van der Waals surface area contributed by atoms with Crippen LogP contribution in [0.15, 0.2) is 63.9 Å². The van der Waals surface area contributed by atoms with Crippen molar-refractivity contribution < 1.29 is 4.79 Å². The Morgan fingerprint density at radius 3 is 2.64 bits per heavy atom. The number of amides is 1. The van der Waals surface area contributed by atoms with Crippen molar-refractivity contribution in [2.24, 2.45) is 24.8 Å². The van der Waals surface area contributed by atoms with Crippen molar-refractivity contribution in [1.82, 2.24) is 24.6 Å². The van der Waals surface area contributed by atoms with Gasteiger partial charge in [-0.25, -0.2) is 4.98 Å². The first-order valence-corrected chi connectivity index (χ1v) is 10.1. The molecule has 1 atom stereocenters. The smallest absolute Gasteiger partial charge is 0.262 e. The maximum absolute atomic E-state index is 13.2. The minimum Gasteiger partial charge on any atom is -0.399 e. The van der Waals surface area contributed by atoms with Gasteiger partial charge in [-0.2, -0.15) is 5.10 Å². The molecule has 0 radical (unpaired) electrons. The van der Waals surface area contributed by atoms with Crippen LogP contribution in [-0.2, 0) is 18.9 Å². The van der Waals surface area contributed by atoms with E-state index in [2.05, 4.69) is 45.5 Å². The molecule has 0 saturated heterocycles. The second kappa shape index (κ2) is 9.36. The van der Waals surface area contributed by atoms with E-state index in [4.69, 9.17) is 5.73 Å². The van der Waals surface area contributed by atoms with Gasteiger partial charge in [0.05, 0.1) is 40.0 Å². The van der Waals surface area contributed by atoms with E-state index in [1.54, 1.807) is 56.2 Å². The highest BCUT2D eigenvalue weighted by Crippen LogP contribution is 2.18. The molecule has 0 saturated carbocycles. The van der Waals surface area contributed by atoms with Gasteiger partial charge in [0.1, 0.15) is 5.82 Å². The van der Waals surface area contributed by atoms with Gasteiger partial charge in [-0.1, -0.05) is 24.5 Å². The fraction of sp³-hybridized carbons (Fsp3) is 0.208. The molecule has 1 amide bonds. The summed E-state index contributed by atoms with van der Waals surface area (Å²) in [7, 11) is 3.41. The molecule has 2 heterocycles. The molecule has 0 aliphatic heterocycles. The number of nitrogens with zero attached hydrogens (tertiary/aromatic N) is 5. The molecule has 0 fully saturated rings. The van der Waals surface area contributed by atoms with Gasteiger partial charge in [-0.05, 0) is 32.7 Å². The molecule has 3 rings (SSSR count). The van der Waals surface area contributed by atoms with Crippen molar-refractivity contribution in [3.05, 3.63) is 81.4 Å². The Morgan fingerprint density at radius 2 is 2.03 bits per heavy atom. The Kier molecular flexibility index (Phi) is 6.59. The summed E-state index contributed by atoms with van der Waals surface area (Å²) in [4.78, 5) is 34.4. The number of benzene rings is 1. The molecule has 168 valence electrons. The standard InChI is InChI=1S/C24H25N7O2/c1-14(25)20(15(2)26-4)23(32)28-16(3)22-29-19-9-7-8-18(21(19)24(33)31(22)6)11-10-17-12-27-30(5)13-17/h7-9,12-13,16H,1,4,25H2,2-3,5-6H3,(H,28,32)/b20-15-/t16-/m0/s1. The Balaban J connectivity index is 2.03. The van der Waals surface area contributed by atoms with Crippen LogP contribution < -0.4 is 16.6 Å². The lowest BCUT2D eigenvalue weighted by atomic mass is 10.1. The summed E-state index contributed by atoms with van der Waals surface area (Å²) in [6.07, 6.45) is 3.44. The van der Waals surface area contributed by atoms with E-state index in [1.165, 1.54) is 4.57 Å². The zero-order chi connectivity index (χ0) is 24.3. The van der Waals surface area contributed by atoms with Crippen molar-refractivity contribution >= 4 is 23.5 Å². The van der Waals surface area contributed by atoms with Gasteiger partial charge >= 0.3 is 0 Å². The Bertz CT molecular complexity index is 1430. The molecule has 3 N–H and O–H groups in total. The summed E-state index contributed by atoms with van der Waals surface area (Å²) in [5.41, 5.74) is 7.82. The average molecular weight is 444 g/mol. The van der Waals surface area contributed by atoms with Gasteiger partial charge in [-0.15, -0.1) is 0 Å². The quantitative estimate of drug-likeness (QED) is 0.269. The maximum atomic E-state index is 13.2. The lowest BCUT2D eigenvalue weighted by Crippen LogP contribution is -2.34. The number of aliphatic imine (C=N–C) groups is 1. The summed E-state index contributed by atoms with van der Waals surface area (Å²) < 4.78 is 3.06. The van der Waals surface area contributed by atoms with Gasteiger partial charge in [0.25, 0.3) is 11.5 Å². The predicted octanol–water partition coefficient (Wildman–Crippen LogP) is 1.69. The first-order valence-electron chi connectivity index (χ1n) is 10.1. The van der Waals surface area contributed by atoms with E-state index in [9.17, 15) is 9.59 Å². The fourth-order valence-corrected chi connectivity index (χ4v) is 3.40. The number of allylic oxidation sites excluding steroid dienone is 1. The number of aromatic nitrogens is 4. The molecule has 0 bridgehead atoms. The van der Waals surface area contributed by atoms with E-state index in [1.807, 2.05) is 7.05 Å². The average Bonchev–Trinajstić information content (AvgIpc) is 3.19. The van der Waals surface area contributed by atoms with Gasteiger partial charge in [0, 0.05) is 31.6 Å². The number of carbonyl (C=O) groups excluding carboxylic acids is 1. The van der Waals surface area contributed by atoms with E-state index < -0.39 is 11.9 Å². The lowest BCUT2D eigenvalue weighted by molar-refractivity contribution is -0.118. The zero-order valence-corrected chi connectivity index (χ0v) is 19.0. The highest BCUT2D eigenvalue weighted by atomic mass is 16.2. The third-order valence-electron chi connectivity index (χ3n) is 5.07. The summed E-state index contributed by atoms with van der Waals surface area (Å²) in [6.45, 7) is 10.4. The van der Waals surface area contributed by atoms with E-state index in [0.717, 1.165) is 5.56 Å². The number of aryl methyl sites for hydroxylation is 1. The minimum absolute atomic E-state index is 0.0711. The van der Waals surface area contributed by atoms with Gasteiger partial charge in [0.2, 0.25) is 0 Å². The summed E-state index contributed by atoms with van der Waals surface area (Å²) >= 11 is 0. The molecular formula is C24H25N7O2. The molecule has 1 aromatic carbocycles. The molecule has 2 aromatic heterocycles. The van der Waals surface area contributed by atoms with Gasteiger partial charge < -0.3 is 11.1 Å². The van der Waals surface area contributed by atoms with Crippen LogP contribution in [0.1, 0.15) is 36.8 Å². The number of hydrogen-bond acceptors (Lipinski definition) is 6. The Morgan fingerprint density at radius 1 is 1.30 bits per heavy atom. The molecule has 33 heavy (non-hydrogen) atoms. The van der Waals surface area contributed by atoms with Crippen molar-refractivity contribution in [3.8, 4) is 11.8 Å². The highest BCUT2D eigenvalue weighted by molar-refractivity contribution is 5.98. The van der Waals surface area contributed by atoms with Crippen molar-refractivity contribution in [1.29, 1.82) is 0 Å². The molecule has 0 aliphatic carbocycles. The van der Waals surface area contributed by atoms with Crippen LogP contribution in [0.2, 0.25) is 0 Å². The fourth-order valence-electron chi connectivity index (χ4n) is 3.40. The van der Waals surface area contributed by atoms with Crippen LogP contribution in [0.5, 0.6) is 0 Å². The van der Waals surface area contributed by atoms with Crippen LogP contribution in [0, 0.1) is 11.8 Å². The topological polar surface area (TPSA) is 120 Å². The highest BCUT2D eigenvalue weighted by Gasteiger charge is 2.21. The number of nitrogens with two attached hydrogens (primary N) is 1. The van der Waals surface area contributed by atoms with E-state index in [-0.39, 0.29) is 16.8 Å². The molecule has 0 spiro atoms. The van der Waals surface area contributed by atoms with E-state index >= 15 is 0 Å². The molecule has 0 aliphatic rings. The second-order valence-electron chi connectivity index (χ2n) is 7.53. The van der Waals surface area contributed by atoms with Crippen LogP contribution in [0.3, 0.4) is 0 Å². The number of rotatable bonds is 5. The first kappa shape index (κ1) is 23.2. The van der Waals surface area contributed by atoms with Gasteiger partial charge in [0.15, 0.2) is 0 Å². The van der Waals surface area contributed by atoms with Crippen LogP contribution >= 0.6 is 0 Å². The van der Waals surface area contributed by atoms with Crippen molar-refractivity contribution in [2.45, 2.75) is 19.9 Å². The van der Waals surface area contributed by atoms with Crippen LogP contribution in [0.25, 0.3) is 10.9 Å². The summed E-state index contributed by atoms with van der Waals surface area (Å²) in [6, 6.07) is 4.70. The van der Waals surface area contributed by atoms with Gasteiger partial charge in [-0.3, -0.25) is 23.8 Å². The van der Waals surface area contributed by atoms with Crippen molar-refractivity contribution in [3.63, 3.8) is 0 Å². The first-order chi connectivity index (χ1) is 15.6. The molecule has 3 aromatic rings. The third-order valence-corrected chi connectivity index (χ3v) is 5.07. The predicted molar refractivity (Wildman–Crippen MR) is 128 cm³/mol. The molecular weight excluding hydrogens is 418 g/mol. The maximum Gasteiger partial charge on any atom is 0.262 e. The monoisotopic (exact) mass is 443 g/mol. The summed E-state index contributed by atoms with van der Waals surface area (Å²) in [5.74, 6) is 5.96. The lowest BCUT2D eigenvalue weighted by Gasteiger charge is -2.19. The normalized spacial score (nSPS) is 12.4. The largest absolute Gasteiger partial charge is 0.399 e. The number of carbonyl (C=O) groups is 1. The Hall–Kier alpha value is -4.45. The van der Waals surface area contributed by atoms with Crippen molar-refractivity contribution in [2.75, 3.05) is 0 Å². The zero-order valence-electron chi connectivity index (χ0n) is 19.0. The SMILES string of the molecule is C=N/C(C)=C(/C(=C)N)C(=O)N[C@@H](C)c1nc2cccc(C#Cc3cnn(C)c3)c2c(=O)n1C. The second-order valence-corrected chi connectivity index (χ2v) is 7.53. The minimum atomic E-state index is -0.600. The summed E-state index contributed by atoms with van der Waals surface area (Å²) in [5, 5.41) is 7.30. The number of hydrogen-bond donors (Lipinski definition) is 2. The number of fused-ring (bicyclic) bond motifs is 1. The Labute approximate surface area is 191 Å². The number of nitrogens with one attached hydrogen (secondary N) is 1. The van der Waals surface area contributed by atoms with Crippen LogP contribution in [0.4, 0.5) is 0 Å². The molecule has 9 heteroatoms. The molecule has 0 unspecified atom stereocenters.